The van der Waals surface area contributed by atoms with Crippen molar-refractivity contribution in [3.63, 3.8) is 0 Å². The monoisotopic (exact) mass is 312 g/mol. The van der Waals surface area contributed by atoms with Crippen molar-refractivity contribution in [2.24, 2.45) is 5.92 Å². The second kappa shape index (κ2) is 5.49. The maximum atomic E-state index is 10.7. The summed E-state index contributed by atoms with van der Waals surface area (Å²) in [7, 11) is 0. The van der Waals surface area contributed by atoms with Crippen molar-refractivity contribution >= 4 is 27.8 Å². The van der Waals surface area contributed by atoms with E-state index in [4.69, 9.17) is 5.73 Å². The van der Waals surface area contributed by atoms with Crippen LogP contribution >= 0.6 is 0 Å². The van der Waals surface area contributed by atoms with Gasteiger partial charge >= 0.3 is 0 Å². The van der Waals surface area contributed by atoms with Crippen molar-refractivity contribution < 1.29 is 5.11 Å². The van der Waals surface area contributed by atoms with Gasteiger partial charge in [0.05, 0.1) is 29.0 Å². The van der Waals surface area contributed by atoms with Crippen LogP contribution in [0, 0.1) is 5.92 Å². The zero-order valence-electron chi connectivity index (χ0n) is 14.1. The molecule has 1 aromatic carbocycles. The number of rotatable bonds is 4. The molecule has 0 amide bonds. The number of hydrogen-bond donors (Lipinski definition) is 2. The Labute approximate surface area is 136 Å². The first-order valence-electron chi connectivity index (χ1n) is 8.02. The number of para-hydroxylation sites is 1. The van der Waals surface area contributed by atoms with E-state index in [1.54, 1.807) is 6.33 Å². The maximum Gasteiger partial charge on any atom is 0.152 e. The summed E-state index contributed by atoms with van der Waals surface area (Å²) < 4.78 is 2.07. The minimum atomic E-state index is -0.864. The lowest BCUT2D eigenvalue weighted by molar-refractivity contribution is 0.0160. The van der Waals surface area contributed by atoms with Crippen molar-refractivity contribution in [1.82, 2.24) is 14.5 Å². The van der Waals surface area contributed by atoms with Gasteiger partial charge in [-0.05, 0) is 32.3 Å². The number of benzene rings is 1. The highest BCUT2D eigenvalue weighted by Gasteiger charge is 2.31. The van der Waals surface area contributed by atoms with Crippen molar-refractivity contribution in [3.05, 3.63) is 30.6 Å². The lowest BCUT2D eigenvalue weighted by Gasteiger charge is -2.32. The van der Waals surface area contributed by atoms with E-state index < -0.39 is 5.60 Å². The Morgan fingerprint density at radius 3 is 2.61 bits per heavy atom. The van der Waals surface area contributed by atoms with Gasteiger partial charge in [-0.25, -0.2) is 9.97 Å². The SMILES string of the molecule is CC(C)C[C@H](n1cnc2c(N)nc3ccccc3c21)C(C)(C)O. The Hall–Kier alpha value is -2.14. The molecule has 0 aliphatic carbocycles. The fourth-order valence-corrected chi connectivity index (χ4v) is 3.19. The number of aromatic nitrogens is 3. The molecule has 0 radical (unpaired) electrons. The highest BCUT2D eigenvalue weighted by atomic mass is 16.3. The molecule has 0 aliphatic heterocycles. The van der Waals surface area contributed by atoms with Gasteiger partial charge in [0.1, 0.15) is 5.52 Å². The van der Waals surface area contributed by atoms with Crippen molar-refractivity contribution in [1.29, 1.82) is 0 Å². The standard InChI is InChI=1S/C18H24N4O/c1-11(2)9-14(18(3,4)23)22-10-20-15-16(22)12-7-5-6-8-13(12)21-17(15)19/h5-8,10-11,14,23H,9H2,1-4H3,(H2,19,21)/t14-/m0/s1. The summed E-state index contributed by atoms with van der Waals surface area (Å²) in [6.45, 7) is 8.01. The minimum absolute atomic E-state index is 0.0855. The molecule has 5 heteroatoms. The number of hydrogen-bond acceptors (Lipinski definition) is 4. The molecule has 2 aromatic heterocycles. The summed E-state index contributed by atoms with van der Waals surface area (Å²) in [5, 5.41) is 11.7. The van der Waals surface area contributed by atoms with E-state index in [9.17, 15) is 5.11 Å². The normalized spacial score (nSPS) is 14.0. The van der Waals surface area contributed by atoms with Gasteiger partial charge in [0.15, 0.2) is 5.82 Å². The summed E-state index contributed by atoms with van der Waals surface area (Å²) in [6.07, 6.45) is 2.63. The topological polar surface area (TPSA) is 77.0 Å². The predicted octanol–water partition coefficient (Wildman–Crippen LogP) is 3.52. The molecule has 5 nitrogen and oxygen atoms in total. The predicted molar refractivity (Wildman–Crippen MR) is 94.2 cm³/mol. The van der Waals surface area contributed by atoms with Crippen LogP contribution in [-0.4, -0.2) is 25.2 Å². The third kappa shape index (κ3) is 2.77. The summed E-state index contributed by atoms with van der Waals surface area (Å²) in [5.41, 5.74) is 7.72. The third-order valence-electron chi connectivity index (χ3n) is 4.28. The summed E-state index contributed by atoms with van der Waals surface area (Å²) in [4.78, 5) is 8.91. The van der Waals surface area contributed by atoms with Crippen LogP contribution in [-0.2, 0) is 0 Å². The number of aliphatic hydroxyl groups is 1. The van der Waals surface area contributed by atoms with Crippen LogP contribution in [0.3, 0.4) is 0 Å². The van der Waals surface area contributed by atoms with E-state index in [2.05, 4.69) is 28.4 Å². The second-order valence-corrected chi connectivity index (χ2v) is 7.16. The summed E-state index contributed by atoms with van der Waals surface area (Å²) in [5.74, 6) is 0.880. The molecule has 0 fully saturated rings. The molecule has 122 valence electrons. The molecule has 3 aromatic rings. The number of pyridine rings is 1. The van der Waals surface area contributed by atoms with Crippen LogP contribution in [0.4, 0.5) is 5.82 Å². The van der Waals surface area contributed by atoms with Crippen molar-refractivity contribution in [2.75, 3.05) is 5.73 Å². The molecule has 1 atom stereocenters. The smallest absolute Gasteiger partial charge is 0.152 e. The zero-order valence-corrected chi connectivity index (χ0v) is 14.1. The Morgan fingerprint density at radius 2 is 1.96 bits per heavy atom. The van der Waals surface area contributed by atoms with E-state index in [1.165, 1.54) is 0 Å². The minimum Gasteiger partial charge on any atom is -0.388 e. The number of nitrogens with zero attached hydrogens (tertiary/aromatic N) is 3. The quantitative estimate of drug-likeness (QED) is 0.772. The Morgan fingerprint density at radius 1 is 1.26 bits per heavy atom. The van der Waals surface area contributed by atoms with Crippen molar-refractivity contribution in [3.8, 4) is 0 Å². The van der Waals surface area contributed by atoms with E-state index >= 15 is 0 Å². The van der Waals surface area contributed by atoms with E-state index in [0.29, 0.717) is 17.3 Å². The summed E-state index contributed by atoms with van der Waals surface area (Å²) in [6, 6.07) is 7.82. The lowest BCUT2D eigenvalue weighted by atomic mass is 9.90. The van der Waals surface area contributed by atoms with Crippen LogP contribution in [0.2, 0.25) is 0 Å². The van der Waals surface area contributed by atoms with Gasteiger partial charge in [0.25, 0.3) is 0 Å². The fraction of sp³-hybridized carbons (Fsp3) is 0.444. The van der Waals surface area contributed by atoms with Crippen LogP contribution in [0.5, 0.6) is 0 Å². The molecule has 0 spiro atoms. The first kappa shape index (κ1) is 15.7. The van der Waals surface area contributed by atoms with Gasteiger partial charge in [0, 0.05) is 5.39 Å². The van der Waals surface area contributed by atoms with Gasteiger partial charge in [-0.3, -0.25) is 0 Å². The highest BCUT2D eigenvalue weighted by Crippen LogP contribution is 2.35. The lowest BCUT2D eigenvalue weighted by Crippen LogP contribution is -2.34. The molecule has 0 aliphatic rings. The molecular formula is C18H24N4O. The summed E-state index contributed by atoms with van der Waals surface area (Å²) >= 11 is 0. The molecule has 0 saturated carbocycles. The Bertz CT molecular complexity index is 845. The number of nitrogen functional groups attached to an aromatic ring is 1. The molecule has 23 heavy (non-hydrogen) atoms. The zero-order chi connectivity index (χ0) is 16.8. The molecule has 0 unspecified atom stereocenters. The first-order chi connectivity index (χ1) is 10.8. The molecule has 3 rings (SSSR count). The van der Waals surface area contributed by atoms with Crippen LogP contribution in [0.25, 0.3) is 21.9 Å². The highest BCUT2D eigenvalue weighted by molar-refractivity contribution is 6.06. The number of imidazole rings is 1. The average molecular weight is 312 g/mol. The fourth-order valence-electron chi connectivity index (χ4n) is 3.19. The number of nitrogens with two attached hydrogens (primary N) is 1. The molecule has 2 heterocycles. The Balaban J connectivity index is 2.32. The van der Waals surface area contributed by atoms with Gasteiger partial charge in [-0.1, -0.05) is 32.0 Å². The van der Waals surface area contributed by atoms with E-state index in [-0.39, 0.29) is 6.04 Å². The molecule has 0 bridgehead atoms. The van der Waals surface area contributed by atoms with E-state index in [1.807, 2.05) is 38.1 Å². The molecule has 3 N–H and O–H groups in total. The average Bonchev–Trinajstić information content (AvgIpc) is 2.89. The van der Waals surface area contributed by atoms with Gasteiger partial charge < -0.3 is 15.4 Å². The number of anilines is 1. The maximum absolute atomic E-state index is 10.7. The van der Waals surface area contributed by atoms with Gasteiger partial charge in [-0.2, -0.15) is 0 Å². The van der Waals surface area contributed by atoms with Crippen molar-refractivity contribution in [2.45, 2.75) is 45.8 Å². The first-order valence-corrected chi connectivity index (χ1v) is 8.02. The van der Waals surface area contributed by atoms with Gasteiger partial charge in [-0.15, -0.1) is 0 Å². The second-order valence-electron chi connectivity index (χ2n) is 7.16. The van der Waals surface area contributed by atoms with Crippen LogP contribution in [0.1, 0.15) is 40.2 Å². The third-order valence-corrected chi connectivity index (χ3v) is 4.28. The Kier molecular flexibility index (Phi) is 3.76. The van der Waals surface area contributed by atoms with Gasteiger partial charge in [0.2, 0.25) is 0 Å². The largest absolute Gasteiger partial charge is 0.388 e. The van der Waals surface area contributed by atoms with Crippen LogP contribution < -0.4 is 5.73 Å². The molecular weight excluding hydrogens is 288 g/mol. The van der Waals surface area contributed by atoms with Crippen LogP contribution in [0.15, 0.2) is 30.6 Å². The molecule has 0 saturated heterocycles. The van der Waals surface area contributed by atoms with E-state index in [0.717, 1.165) is 22.8 Å². The number of fused-ring (bicyclic) bond motifs is 3.